The molecule has 0 aromatic heterocycles. The zero-order valence-corrected chi connectivity index (χ0v) is 13.0. The molecule has 0 fully saturated rings. The van der Waals surface area contributed by atoms with Gasteiger partial charge >= 0.3 is 5.97 Å². The molecule has 0 saturated carbocycles. The highest BCUT2D eigenvalue weighted by atomic mass is 35.5. The zero-order valence-electron chi connectivity index (χ0n) is 12.3. The van der Waals surface area contributed by atoms with Crippen LogP contribution in [0.2, 0.25) is 5.02 Å². The summed E-state index contributed by atoms with van der Waals surface area (Å²) in [5.74, 6) is -0.604. The molecule has 2 aromatic carbocycles. The van der Waals surface area contributed by atoms with Crippen LogP contribution in [0.25, 0.3) is 0 Å². The Hall–Kier alpha value is -2.33. The summed E-state index contributed by atoms with van der Waals surface area (Å²) in [5, 5.41) is 0.0791. The Morgan fingerprint density at radius 1 is 1.09 bits per heavy atom. The van der Waals surface area contributed by atoms with E-state index in [9.17, 15) is 9.59 Å². The monoisotopic (exact) mass is 318 g/mol. The van der Waals surface area contributed by atoms with E-state index in [1.807, 2.05) is 30.3 Å². The molecule has 0 spiro atoms. The van der Waals surface area contributed by atoms with Crippen LogP contribution in [0.3, 0.4) is 0 Å². The number of halogens is 1. The van der Waals surface area contributed by atoms with Crippen LogP contribution in [-0.2, 0) is 11.3 Å². The number of methoxy groups -OCH3 is 1. The van der Waals surface area contributed by atoms with Gasteiger partial charge in [-0.2, -0.15) is 0 Å². The van der Waals surface area contributed by atoms with E-state index in [4.69, 9.17) is 21.1 Å². The van der Waals surface area contributed by atoms with E-state index in [0.29, 0.717) is 12.4 Å². The Bertz CT molecular complexity index is 695. The molecule has 0 radical (unpaired) electrons. The fourth-order valence-electron chi connectivity index (χ4n) is 2.00. The molecule has 0 aliphatic heterocycles. The number of Topliss-reactive ketones (excluding diaryl/α,β-unsaturated/α-hetero) is 1. The molecule has 0 unspecified atom stereocenters. The lowest BCUT2D eigenvalue weighted by Crippen LogP contribution is -2.10. The second-order valence-electron chi connectivity index (χ2n) is 4.62. The van der Waals surface area contributed by atoms with Gasteiger partial charge in [0, 0.05) is 5.56 Å². The zero-order chi connectivity index (χ0) is 16.1. The first-order valence-electron chi connectivity index (χ1n) is 6.63. The summed E-state index contributed by atoms with van der Waals surface area (Å²) in [5.41, 5.74) is 1.21. The van der Waals surface area contributed by atoms with Crippen LogP contribution < -0.4 is 4.74 Å². The standard InChI is InChI=1S/C17H15ClO4/c1-11(19)13-8-9-14(16(18)15(13)17(20)21-2)22-10-12-6-4-3-5-7-12/h3-9H,10H2,1-2H3. The minimum atomic E-state index is -0.666. The Morgan fingerprint density at radius 3 is 2.36 bits per heavy atom. The van der Waals surface area contributed by atoms with E-state index in [-0.39, 0.29) is 21.9 Å². The van der Waals surface area contributed by atoms with E-state index in [1.54, 1.807) is 6.07 Å². The lowest BCUT2D eigenvalue weighted by molar-refractivity contribution is 0.0597. The Balaban J connectivity index is 2.33. The largest absolute Gasteiger partial charge is 0.487 e. The first-order chi connectivity index (χ1) is 10.5. The van der Waals surface area contributed by atoms with Crippen molar-refractivity contribution >= 4 is 23.4 Å². The molecule has 0 bridgehead atoms. The summed E-state index contributed by atoms with van der Waals surface area (Å²) >= 11 is 6.22. The number of hydrogen-bond acceptors (Lipinski definition) is 4. The second-order valence-corrected chi connectivity index (χ2v) is 5.00. The van der Waals surface area contributed by atoms with Gasteiger partial charge in [0.05, 0.1) is 17.7 Å². The summed E-state index contributed by atoms with van der Waals surface area (Å²) in [4.78, 5) is 23.5. The molecular weight excluding hydrogens is 304 g/mol. The van der Waals surface area contributed by atoms with Crippen LogP contribution in [0.4, 0.5) is 0 Å². The molecular formula is C17H15ClO4. The molecule has 4 nitrogen and oxygen atoms in total. The smallest absolute Gasteiger partial charge is 0.340 e. The fourth-order valence-corrected chi connectivity index (χ4v) is 2.30. The Labute approximate surface area is 133 Å². The predicted octanol–water partition coefficient (Wildman–Crippen LogP) is 3.91. The molecule has 2 rings (SSSR count). The van der Waals surface area contributed by atoms with Crippen molar-refractivity contribution in [2.75, 3.05) is 7.11 Å². The van der Waals surface area contributed by atoms with Crippen molar-refractivity contribution in [3.63, 3.8) is 0 Å². The van der Waals surface area contributed by atoms with Gasteiger partial charge in [-0.1, -0.05) is 41.9 Å². The molecule has 0 atom stereocenters. The number of esters is 1. The number of ether oxygens (including phenoxy) is 2. The average molecular weight is 319 g/mol. The normalized spacial score (nSPS) is 10.1. The fraction of sp³-hybridized carbons (Fsp3) is 0.176. The third-order valence-electron chi connectivity index (χ3n) is 3.11. The van der Waals surface area contributed by atoms with Crippen molar-refractivity contribution in [3.8, 4) is 5.75 Å². The summed E-state index contributed by atoms with van der Waals surface area (Å²) in [6, 6.07) is 12.6. The Morgan fingerprint density at radius 2 is 1.77 bits per heavy atom. The minimum absolute atomic E-state index is 0.0298. The van der Waals surface area contributed by atoms with Gasteiger partial charge < -0.3 is 9.47 Å². The van der Waals surface area contributed by atoms with Crippen molar-refractivity contribution < 1.29 is 19.1 Å². The van der Waals surface area contributed by atoms with Crippen LogP contribution in [0.5, 0.6) is 5.75 Å². The van der Waals surface area contributed by atoms with Crippen LogP contribution in [0.1, 0.15) is 33.2 Å². The highest BCUT2D eigenvalue weighted by Crippen LogP contribution is 2.32. The van der Waals surface area contributed by atoms with E-state index >= 15 is 0 Å². The maximum atomic E-state index is 11.9. The van der Waals surface area contributed by atoms with Crippen molar-refractivity contribution in [2.45, 2.75) is 13.5 Å². The molecule has 2 aromatic rings. The van der Waals surface area contributed by atoms with Crippen molar-refractivity contribution in [1.29, 1.82) is 0 Å². The molecule has 0 N–H and O–H groups in total. The molecule has 0 amide bonds. The molecule has 22 heavy (non-hydrogen) atoms. The number of benzene rings is 2. The van der Waals surface area contributed by atoms with Crippen molar-refractivity contribution in [1.82, 2.24) is 0 Å². The van der Waals surface area contributed by atoms with Crippen molar-refractivity contribution in [2.24, 2.45) is 0 Å². The van der Waals surface area contributed by atoms with E-state index in [0.717, 1.165) is 5.56 Å². The quantitative estimate of drug-likeness (QED) is 0.619. The van der Waals surface area contributed by atoms with Gasteiger partial charge in [-0.25, -0.2) is 4.79 Å². The first-order valence-corrected chi connectivity index (χ1v) is 7.01. The van der Waals surface area contributed by atoms with Gasteiger partial charge in [0.25, 0.3) is 0 Å². The van der Waals surface area contributed by atoms with Crippen LogP contribution in [0.15, 0.2) is 42.5 Å². The van der Waals surface area contributed by atoms with Crippen LogP contribution >= 0.6 is 11.6 Å². The van der Waals surface area contributed by atoms with E-state index < -0.39 is 5.97 Å². The third-order valence-corrected chi connectivity index (χ3v) is 3.49. The number of hydrogen-bond donors (Lipinski definition) is 0. The lowest BCUT2D eigenvalue weighted by Gasteiger charge is -2.13. The van der Waals surface area contributed by atoms with Gasteiger partial charge in [0.15, 0.2) is 5.78 Å². The third kappa shape index (κ3) is 3.46. The number of carbonyl (C=O) groups is 2. The number of ketones is 1. The lowest BCUT2D eigenvalue weighted by atomic mass is 10.0. The molecule has 0 aliphatic rings. The minimum Gasteiger partial charge on any atom is -0.487 e. The van der Waals surface area contributed by atoms with Crippen LogP contribution in [-0.4, -0.2) is 18.9 Å². The van der Waals surface area contributed by atoms with Gasteiger partial charge in [-0.05, 0) is 24.6 Å². The topological polar surface area (TPSA) is 52.6 Å². The second kappa shape index (κ2) is 7.09. The van der Waals surface area contributed by atoms with E-state index in [2.05, 4.69) is 0 Å². The molecule has 114 valence electrons. The van der Waals surface area contributed by atoms with Gasteiger partial charge in [0.1, 0.15) is 12.4 Å². The molecule has 0 aliphatic carbocycles. The summed E-state index contributed by atoms with van der Waals surface area (Å²) in [6.45, 7) is 1.67. The highest BCUT2D eigenvalue weighted by molar-refractivity contribution is 6.36. The van der Waals surface area contributed by atoms with Gasteiger partial charge in [0.2, 0.25) is 0 Å². The van der Waals surface area contributed by atoms with Crippen molar-refractivity contribution in [3.05, 3.63) is 64.2 Å². The SMILES string of the molecule is COC(=O)c1c(C(C)=O)ccc(OCc2ccccc2)c1Cl. The molecule has 0 saturated heterocycles. The Kier molecular flexibility index (Phi) is 5.17. The predicted molar refractivity (Wildman–Crippen MR) is 83.6 cm³/mol. The average Bonchev–Trinajstić information content (AvgIpc) is 2.53. The molecule has 5 heteroatoms. The van der Waals surface area contributed by atoms with Crippen LogP contribution in [0, 0.1) is 0 Å². The van der Waals surface area contributed by atoms with E-state index in [1.165, 1.54) is 20.1 Å². The summed E-state index contributed by atoms with van der Waals surface area (Å²) in [6.07, 6.45) is 0. The summed E-state index contributed by atoms with van der Waals surface area (Å²) in [7, 11) is 1.24. The van der Waals surface area contributed by atoms with Gasteiger partial charge in [-0.15, -0.1) is 0 Å². The maximum Gasteiger partial charge on any atom is 0.340 e. The maximum absolute atomic E-state index is 11.9. The highest BCUT2D eigenvalue weighted by Gasteiger charge is 2.22. The molecule has 0 heterocycles. The number of rotatable bonds is 5. The summed E-state index contributed by atoms with van der Waals surface area (Å²) < 4.78 is 10.3. The number of carbonyl (C=O) groups excluding carboxylic acids is 2. The first kappa shape index (κ1) is 16.0. The van der Waals surface area contributed by atoms with Gasteiger partial charge in [-0.3, -0.25) is 4.79 Å².